The summed E-state index contributed by atoms with van der Waals surface area (Å²) in [5.74, 6) is 0.569. The number of rotatable bonds is 6. The van der Waals surface area contributed by atoms with Crippen LogP contribution in [0.3, 0.4) is 0 Å². The van der Waals surface area contributed by atoms with Crippen molar-refractivity contribution in [3.05, 3.63) is 36.2 Å². The number of thioether (sulfide) groups is 1. The third-order valence-corrected chi connectivity index (χ3v) is 5.77. The number of carbonyl (C=O) groups is 3. The van der Waals surface area contributed by atoms with Crippen LogP contribution < -0.4 is 10.6 Å². The number of amides is 4. The quantitative estimate of drug-likeness (QED) is 0.635. The first-order valence-corrected chi connectivity index (χ1v) is 10.7. The number of para-hydroxylation sites is 1. The van der Waals surface area contributed by atoms with Gasteiger partial charge in [0.1, 0.15) is 5.82 Å². The molecular formula is C19H22N6O4S. The summed E-state index contributed by atoms with van der Waals surface area (Å²) in [6, 6.07) is 8.69. The molecule has 10 nitrogen and oxygen atoms in total. The zero-order chi connectivity index (χ0) is 20.9. The zero-order valence-electron chi connectivity index (χ0n) is 16.2. The number of urea groups is 1. The second kappa shape index (κ2) is 9.26. The Labute approximate surface area is 177 Å². The van der Waals surface area contributed by atoms with Crippen molar-refractivity contribution in [2.45, 2.75) is 24.0 Å². The van der Waals surface area contributed by atoms with Crippen molar-refractivity contribution >= 4 is 29.6 Å². The molecule has 4 rings (SSSR count). The molecule has 2 aromatic rings. The van der Waals surface area contributed by atoms with Crippen molar-refractivity contribution in [1.82, 2.24) is 30.3 Å². The van der Waals surface area contributed by atoms with E-state index in [2.05, 4.69) is 20.8 Å². The lowest BCUT2D eigenvalue weighted by molar-refractivity contribution is -0.132. The molecule has 0 bridgehead atoms. The Balaban J connectivity index is 1.52. The predicted molar refractivity (Wildman–Crippen MR) is 108 cm³/mol. The lowest BCUT2D eigenvalue weighted by Crippen LogP contribution is -2.53. The van der Waals surface area contributed by atoms with E-state index in [9.17, 15) is 14.4 Å². The fraction of sp³-hybridized carbons (Fsp3) is 0.421. The molecule has 11 heteroatoms. The minimum Gasteiger partial charge on any atom is -0.378 e. The Morgan fingerprint density at radius 2 is 1.93 bits per heavy atom. The second-order valence-electron chi connectivity index (χ2n) is 6.98. The first-order chi connectivity index (χ1) is 14.6. The molecule has 1 aromatic heterocycles. The van der Waals surface area contributed by atoms with Crippen molar-refractivity contribution < 1.29 is 19.1 Å². The molecule has 2 N–H and O–H groups in total. The van der Waals surface area contributed by atoms with Crippen molar-refractivity contribution in [1.29, 1.82) is 0 Å². The molecule has 2 aliphatic heterocycles. The maximum atomic E-state index is 12.5. The minimum absolute atomic E-state index is 0.0312. The highest BCUT2D eigenvalue weighted by Crippen LogP contribution is 2.23. The zero-order valence-corrected chi connectivity index (χ0v) is 17.1. The number of carbonyl (C=O) groups excluding carboxylic acids is 3. The molecule has 3 heterocycles. The molecule has 1 aromatic carbocycles. The van der Waals surface area contributed by atoms with Gasteiger partial charge in [-0.1, -0.05) is 30.0 Å². The van der Waals surface area contributed by atoms with Gasteiger partial charge in [0.25, 0.3) is 0 Å². The molecule has 158 valence electrons. The number of nitrogens with one attached hydrogen (secondary N) is 2. The fourth-order valence-electron chi connectivity index (χ4n) is 3.41. The highest BCUT2D eigenvalue weighted by molar-refractivity contribution is 7.99. The molecule has 2 aliphatic rings. The number of imide groups is 1. The first-order valence-electron chi connectivity index (χ1n) is 9.68. The van der Waals surface area contributed by atoms with E-state index in [-0.39, 0.29) is 30.0 Å². The maximum absolute atomic E-state index is 12.5. The minimum atomic E-state index is -0.507. The monoisotopic (exact) mass is 430 g/mol. The normalized spacial score (nSPS) is 19.3. The van der Waals surface area contributed by atoms with E-state index in [1.54, 1.807) is 4.90 Å². The van der Waals surface area contributed by atoms with E-state index < -0.39 is 6.03 Å². The number of nitrogens with zero attached hydrogens (tertiary/aromatic N) is 4. The maximum Gasteiger partial charge on any atom is 0.321 e. The highest BCUT2D eigenvalue weighted by atomic mass is 32.2. The average Bonchev–Trinajstić information content (AvgIpc) is 3.14. The Morgan fingerprint density at radius 3 is 2.67 bits per heavy atom. The van der Waals surface area contributed by atoms with Crippen LogP contribution in [0.15, 0.2) is 35.5 Å². The van der Waals surface area contributed by atoms with Gasteiger partial charge in [-0.2, -0.15) is 0 Å². The van der Waals surface area contributed by atoms with Crippen LogP contribution in [0.4, 0.5) is 4.79 Å². The first kappa shape index (κ1) is 20.4. The molecule has 0 saturated carbocycles. The summed E-state index contributed by atoms with van der Waals surface area (Å²) in [6.07, 6.45) is 0.518. The standard InChI is InChI=1S/C19H22N6O4S/c26-16-11-13(20-18(28)21-16)10-15-22-23-19(25(15)14-4-2-1-3-5-14)30-12-17(27)24-6-8-29-9-7-24/h1-5,13H,6-12H2,(H2,20,21,26,28). The molecule has 0 spiro atoms. The van der Waals surface area contributed by atoms with Gasteiger partial charge >= 0.3 is 6.03 Å². The SMILES string of the molecule is O=C1CC(Cc2nnc(SCC(=O)N3CCOCC3)n2-c2ccccc2)NC(=O)N1. The predicted octanol–water partition coefficient (Wildman–Crippen LogP) is 0.359. The van der Waals surface area contributed by atoms with Crippen LogP contribution in [0, 0.1) is 0 Å². The van der Waals surface area contributed by atoms with Gasteiger partial charge in [-0.05, 0) is 12.1 Å². The van der Waals surface area contributed by atoms with Crippen LogP contribution in [0.1, 0.15) is 12.2 Å². The molecule has 1 unspecified atom stereocenters. The average molecular weight is 430 g/mol. The van der Waals surface area contributed by atoms with Crippen LogP contribution in [-0.2, 0) is 20.7 Å². The van der Waals surface area contributed by atoms with Gasteiger partial charge in [-0.15, -0.1) is 10.2 Å². The molecule has 2 fully saturated rings. The van der Waals surface area contributed by atoms with Crippen molar-refractivity contribution in [2.24, 2.45) is 0 Å². The third-order valence-electron chi connectivity index (χ3n) is 4.85. The Kier molecular flexibility index (Phi) is 6.29. The van der Waals surface area contributed by atoms with Crippen LogP contribution in [0.5, 0.6) is 0 Å². The van der Waals surface area contributed by atoms with Gasteiger partial charge in [-0.3, -0.25) is 19.5 Å². The van der Waals surface area contributed by atoms with Crippen LogP contribution >= 0.6 is 11.8 Å². The van der Waals surface area contributed by atoms with Gasteiger partial charge in [0.2, 0.25) is 11.8 Å². The van der Waals surface area contributed by atoms with E-state index in [0.29, 0.717) is 43.7 Å². The third kappa shape index (κ3) is 4.79. The number of hydrogen-bond acceptors (Lipinski definition) is 7. The van der Waals surface area contributed by atoms with Gasteiger partial charge in [-0.25, -0.2) is 4.79 Å². The molecule has 0 aliphatic carbocycles. The highest BCUT2D eigenvalue weighted by Gasteiger charge is 2.27. The second-order valence-corrected chi connectivity index (χ2v) is 7.92. The summed E-state index contributed by atoms with van der Waals surface area (Å²) in [5, 5.41) is 14.1. The van der Waals surface area contributed by atoms with Gasteiger partial charge in [0.05, 0.1) is 19.0 Å². The van der Waals surface area contributed by atoms with Crippen LogP contribution in [-0.4, -0.2) is 75.6 Å². The smallest absolute Gasteiger partial charge is 0.321 e. The molecule has 30 heavy (non-hydrogen) atoms. The lowest BCUT2D eigenvalue weighted by Gasteiger charge is -2.26. The van der Waals surface area contributed by atoms with E-state index in [1.165, 1.54) is 11.8 Å². The van der Waals surface area contributed by atoms with E-state index in [1.807, 2.05) is 34.9 Å². The van der Waals surface area contributed by atoms with Crippen molar-refractivity contribution in [2.75, 3.05) is 32.1 Å². The summed E-state index contributed by atoms with van der Waals surface area (Å²) in [4.78, 5) is 37.6. The number of morpholine rings is 1. The summed E-state index contributed by atoms with van der Waals surface area (Å²) >= 11 is 1.32. The number of ether oxygens (including phenoxy) is 1. The van der Waals surface area contributed by atoms with Crippen LogP contribution in [0.25, 0.3) is 5.69 Å². The lowest BCUT2D eigenvalue weighted by atomic mass is 10.1. The van der Waals surface area contributed by atoms with E-state index in [0.717, 1.165) is 5.69 Å². The fourth-order valence-corrected chi connectivity index (χ4v) is 4.28. The van der Waals surface area contributed by atoms with Crippen molar-refractivity contribution in [3.63, 3.8) is 0 Å². The summed E-state index contributed by atoms with van der Waals surface area (Å²) < 4.78 is 7.17. The van der Waals surface area contributed by atoms with E-state index >= 15 is 0 Å². The Bertz CT molecular complexity index is 912. The summed E-state index contributed by atoms with van der Waals surface area (Å²) in [6.45, 7) is 2.31. The largest absolute Gasteiger partial charge is 0.378 e. The molecule has 4 amide bonds. The summed E-state index contributed by atoms with van der Waals surface area (Å²) in [7, 11) is 0. The van der Waals surface area contributed by atoms with Crippen molar-refractivity contribution in [3.8, 4) is 5.69 Å². The number of aromatic nitrogens is 3. The van der Waals surface area contributed by atoms with Gasteiger partial charge in [0.15, 0.2) is 5.16 Å². The molecule has 0 radical (unpaired) electrons. The summed E-state index contributed by atoms with van der Waals surface area (Å²) in [5.41, 5.74) is 0.852. The van der Waals surface area contributed by atoms with Crippen LogP contribution in [0.2, 0.25) is 0 Å². The molecule has 2 saturated heterocycles. The van der Waals surface area contributed by atoms with E-state index in [4.69, 9.17) is 4.74 Å². The molecular weight excluding hydrogens is 408 g/mol. The van der Waals surface area contributed by atoms with Gasteiger partial charge < -0.3 is 15.0 Å². The Hall–Kier alpha value is -2.92. The van der Waals surface area contributed by atoms with Gasteiger partial charge in [0, 0.05) is 37.7 Å². The molecule has 1 atom stereocenters. The Morgan fingerprint density at radius 1 is 1.17 bits per heavy atom. The number of hydrogen-bond donors (Lipinski definition) is 2. The number of benzene rings is 1. The topological polar surface area (TPSA) is 118 Å².